The summed E-state index contributed by atoms with van der Waals surface area (Å²) in [5.74, 6) is 1.57. The number of methoxy groups -OCH3 is 1. The van der Waals surface area contributed by atoms with E-state index in [9.17, 15) is 4.79 Å². The average Bonchev–Trinajstić information content (AvgIpc) is 2.96. The predicted octanol–water partition coefficient (Wildman–Crippen LogP) is 3.21. The molecule has 1 aromatic carbocycles. The van der Waals surface area contributed by atoms with Crippen LogP contribution in [0.2, 0.25) is 0 Å². The van der Waals surface area contributed by atoms with Crippen molar-refractivity contribution >= 4 is 16.9 Å². The highest BCUT2D eigenvalue weighted by Gasteiger charge is 2.44. The van der Waals surface area contributed by atoms with Gasteiger partial charge in [-0.2, -0.15) is 0 Å². The second kappa shape index (κ2) is 5.43. The van der Waals surface area contributed by atoms with Crippen molar-refractivity contribution in [2.24, 2.45) is 11.8 Å². The molecule has 3 fully saturated rings. The maximum Gasteiger partial charge on any atom is 0.310 e. The van der Waals surface area contributed by atoms with Crippen LogP contribution >= 0.6 is 0 Å². The average molecular weight is 299 g/mol. The van der Waals surface area contributed by atoms with E-state index in [-0.39, 0.29) is 11.9 Å². The van der Waals surface area contributed by atoms with E-state index in [0.29, 0.717) is 12.0 Å². The van der Waals surface area contributed by atoms with Gasteiger partial charge in [0.2, 0.25) is 0 Å². The normalized spacial score (nSPS) is 28.1. The number of rotatable bonds is 3. The fourth-order valence-corrected chi connectivity index (χ4v) is 4.21. The quantitative estimate of drug-likeness (QED) is 0.816. The zero-order chi connectivity index (χ0) is 15.1. The summed E-state index contributed by atoms with van der Waals surface area (Å²) in [4.78, 5) is 14.4. The first kappa shape index (κ1) is 13.8. The van der Waals surface area contributed by atoms with Gasteiger partial charge in [-0.25, -0.2) is 0 Å². The van der Waals surface area contributed by atoms with Crippen LogP contribution in [0.5, 0.6) is 0 Å². The molecule has 4 heteroatoms. The number of esters is 1. The molecule has 0 N–H and O–H groups in total. The van der Waals surface area contributed by atoms with E-state index in [1.165, 1.54) is 13.5 Å². The van der Waals surface area contributed by atoms with Gasteiger partial charge in [-0.3, -0.25) is 9.69 Å². The molecule has 0 amide bonds. The van der Waals surface area contributed by atoms with Crippen molar-refractivity contribution < 1.29 is 13.9 Å². The Kier molecular flexibility index (Phi) is 3.41. The number of hydrogen-bond acceptors (Lipinski definition) is 4. The smallest absolute Gasteiger partial charge is 0.310 e. The van der Waals surface area contributed by atoms with E-state index < -0.39 is 0 Å². The van der Waals surface area contributed by atoms with Crippen LogP contribution in [0.4, 0.5) is 0 Å². The molecule has 3 aliphatic rings. The summed E-state index contributed by atoms with van der Waals surface area (Å²) >= 11 is 0. The van der Waals surface area contributed by atoms with Crippen LogP contribution in [0.1, 0.15) is 25.0 Å². The predicted molar refractivity (Wildman–Crippen MR) is 83.3 cm³/mol. The molecule has 2 bridgehead atoms. The topological polar surface area (TPSA) is 42.7 Å². The van der Waals surface area contributed by atoms with Crippen molar-refractivity contribution in [2.45, 2.75) is 31.8 Å². The number of para-hydroxylation sites is 1. The second-order valence-electron chi connectivity index (χ2n) is 6.56. The van der Waals surface area contributed by atoms with Crippen LogP contribution in [0, 0.1) is 11.8 Å². The van der Waals surface area contributed by atoms with Gasteiger partial charge in [-0.05, 0) is 37.3 Å². The molecular formula is C18H21NO3. The Morgan fingerprint density at radius 2 is 2.23 bits per heavy atom. The number of piperidine rings is 2. The Morgan fingerprint density at radius 1 is 1.36 bits per heavy atom. The molecule has 2 saturated heterocycles. The lowest BCUT2D eigenvalue weighted by atomic mass is 9.72. The molecule has 0 radical (unpaired) electrons. The molecule has 2 aliphatic heterocycles. The third-order valence-electron chi connectivity index (χ3n) is 5.22. The molecule has 4 nitrogen and oxygen atoms in total. The van der Waals surface area contributed by atoms with E-state index in [0.717, 1.165) is 42.7 Å². The van der Waals surface area contributed by atoms with Crippen molar-refractivity contribution in [3.8, 4) is 0 Å². The van der Waals surface area contributed by atoms with Gasteiger partial charge in [0.1, 0.15) is 11.3 Å². The number of carbonyl (C=O) groups excluding carboxylic acids is 1. The molecule has 1 saturated carbocycles. The number of ether oxygens (including phenoxy) is 1. The lowest BCUT2D eigenvalue weighted by molar-refractivity contribution is -0.154. The third kappa shape index (κ3) is 2.31. The van der Waals surface area contributed by atoms with Gasteiger partial charge in [-0.1, -0.05) is 18.2 Å². The number of fused-ring (bicyclic) bond motifs is 4. The van der Waals surface area contributed by atoms with Gasteiger partial charge < -0.3 is 9.15 Å². The van der Waals surface area contributed by atoms with Crippen molar-refractivity contribution in [3.63, 3.8) is 0 Å². The van der Waals surface area contributed by atoms with E-state index in [2.05, 4.69) is 17.0 Å². The van der Waals surface area contributed by atoms with Gasteiger partial charge in [-0.15, -0.1) is 0 Å². The Morgan fingerprint density at radius 3 is 3.00 bits per heavy atom. The van der Waals surface area contributed by atoms with E-state index in [4.69, 9.17) is 9.15 Å². The molecule has 1 aliphatic carbocycles. The van der Waals surface area contributed by atoms with E-state index in [1.807, 2.05) is 18.2 Å². The minimum absolute atomic E-state index is 0.0295. The summed E-state index contributed by atoms with van der Waals surface area (Å²) in [6.07, 6.45) is 3.30. The number of furan rings is 1. The first-order valence-electron chi connectivity index (χ1n) is 8.04. The second-order valence-corrected chi connectivity index (χ2v) is 6.56. The molecule has 116 valence electrons. The Labute approximate surface area is 130 Å². The molecule has 0 unspecified atom stereocenters. The first-order chi connectivity index (χ1) is 10.7. The summed E-state index contributed by atoms with van der Waals surface area (Å²) in [7, 11) is 1.49. The minimum Gasteiger partial charge on any atom is -0.469 e. The summed E-state index contributed by atoms with van der Waals surface area (Å²) in [6, 6.07) is 10.5. The summed E-state index contributed by atoms with van der Waals surface area (Å²) in [6.45, 7) is 1.85. The molecule has 3 heterocycles. The number of nitrogens with zero attached hydrogens (tertiary/aromatic N) is 1. The number of benzene rings is 1. The lowest BCUT2D eigenvalue weighted by Crippen LogP contribution is -2.54. The van der Waals surface area contributed by atoms with Crippen LogP contribution in [-0.4, -0.2) is 30.6 Å². The molecular weight excluding hydrogens is 278 g/mol. The number of carbonyl (C=O) groups is 1. The molecule has 5 rings (SSSR count). The monoisotopic (exact) mass is 299 g/mol. The van der Waals surface area contributed by atoms with Crippen LogP contribution in [-0.2, 0) is 16.1 Å². The molecule has 1 aromatic heterocycles. The van der Waals surface area contributed by atoms with Crippen LogP contribution < -0.4 is 0 Å². The highest BCUT2D eigenvalue weighted by molar-refractivity contribution is 5.77. The van der Waals surface area contributed by atoms with Gasteiger partial charge >= 0.3 is 5.97 Å². The van der Waals surface area contributed by atoms with Crippen LogP contribution in [0.3, 0.4) is 0 Å². The van der Waals surface area contributed by atoms with Crippen LogP contribution in [0.15, 0.2) is 34.7 Å². The van der Waals surface area contributed by atoms with Crippen molar-refractivity contribution in [1.82, 2.24) is 4.90 Å². The fourth-order valence-electron chi connectivity index (χ4n) is 4.21. The summed E-state index contributed by atoms with van der Waals surface area (Å²) in [5, 5.41) is 1.14. The highest BCUT2D eigenvalue weighted by atomic mass is 16.5. The SMILES string of the molecule is COC(=O)[C@@H]1C[C@@H]2CC[C@H]1N(Cc1cc3ccccc3o1)C2. The Hall–Kier alpha value is -1.81. The maximum atomic E-state index is 12.0. The van der Waals surface area contributed by atoms with Gasteiger partial charge in [0.15, 0.2) is 0 Å². The molecule has 2 aromatic rings. The minimum atomic E-state index is -0.0518. The van der Waals surface area contributed by atoms with Gasteiger partial charge in [0, 0.05) is 18.0 Å². The van der Waals surface area contributed by atoms with Crippen molar-refractivity contribution in [3.05, 3.63) is 36.1 Å². The molecule has 0 spiro atoms. The van der Waals surface area contributed by atoms with Crippen molar-refractivity contribution in [1.29, 1.82) is 0 Å². The highest BCUT2D eigenvalue weighted by Crippen LogP contribution is 2.40. The van der Waals surface area contributed by atoms with Crippen molar-refractivity contribution in [2.75, 3.05) is 13.7 Å². The third-order valence-corrected chi connectivity index (χ3v) is 5.22. The lowest BCUT2D eigenvalue weighted by Gasteiger charge is -2.48. The Balaban J connectivity index is 1.56. The zero-order valence-corrected chi connectivity index (χ0v) is 12.8. The summed E-state index contributed by atoms with van der Waals surface area (Å²) in [5.41, 5.74) is 0.934. The largest absolute Gasteiger partial charge is 0.469 e. The van der Waals surface area contributed by atoms with Crippen LogP contribution in [0.25, 0.3) is 11.0 Å². The van der Waals surface area contributed by atoms with E-state index >= 15 is 0 Å². The standard InChI is InChI=1S/C18H21NO3/c1-21-18(20)15-8-12-6-7-16(15)19(10-12)11-14-9-13-4-2-3-5-17(13)22-14/h2-5,9,12,15-16H,6-8,10-11H2,1H3/t12-,15+,16+/m0/s1. The van der Waals surface area contributed by atoms with Gasteiger partial charge in [0.25, 0.3) is 0 Å². The summed E-state index contributed by atoms with van der Waals surface area (Å²) < 4.78 is 10.9. The Bertz CT molecular complexity index is 659. The first-order valence-corrected chi connectivity index (χ1v) is 8.04. The molecule has 3 atom stereocenters. The van der Waals surface area contributed by atoms with Gasteiger partial charge in [0.05, 0.1) is 19.6 Å². The number of hydrogen-bond donors (Lipinski definition) is 0. The maximum absolute atomic E-state index is 12.0. The zero-order valence-electron chi connectivity index (χ0n) is 12.8. The van der Waals surface area contributed by atoms with E-state index in [1.54, 1.807) is 0 Å². The molecule has 22 heavy (non-hydrogen) atoms. The fraction of sp³-hybridized carbons (Fsp3) is 0.500.